The van der Waals surface area contributed by atoms with Crippen LogP contribution in [0.1, 0.15) is 33.6 Å². The van der Waals surface area contributed by atoms with Crippen LogP contribution in [0, 0.1) is 0 Å². The Bertz CT molecular complexity index is 486. The van der Waals surface area contributed by atoms with Crippen molar-refractivity contribution in [1.29, 1.82) is 0 Å². The fraction of sp³-hybridized carbons (Fsp3) is 0.867. The fourth-order valence-corrected chi connectivity index (χ4v) is 2.49. The normalized spacial score (nSPS) is 22.2. The summed E-state index contributed by atoms with van der Waals surface area (Å²) in [5, 5.41) is 0. The van der Waals surface area contributed by atoms with E-state index in [1.807, 2.05) is 0 Å². The molecule has 6 nitrogen and oxygen atoms in total. The summed E-state index contributed by atoms with van der Waals surface area (Å²) < 4.78 is 48.9. The first-order chi connectivity index (χ1) is 11.0. The van der Waals surface area contributed by atoms with E-state index in [4.69, 9.17) is 9.47 Å². The number of amides is 2. The third kappa shape index (κ3) is 5.25. The molecule has 0 spiro atoms. The lowest BCUT2D eigenvalue weighted by Crippen LogP contribution is -2.53. The number of ether oxygens (including phenoxy) is 2. The highest BCUT2D eigenvalue weighted by Crippen LogP contribution is 2.31. The van der Waals surface area contributed by atoms with Gasteiger partial charge in [0.15, 0.2) is 0 Å². The quantitative estimate of drug-likeness (QED) is 0.781. The van der Waals surface area contributed by atoms with Gasteiger partial charge in [0, 0.05) is 19.1 Å². The SMILES string of the molecule is CC(C)(C)OC(=O)N1CCOC(CN(C(=O)C(F)(F)F)C2CC2)C1. The molecule has 9 heteroatoms. The van der Waals surface area contributed by atoms with Crippen molar-refractivity contribution in [3.05, 3.63) is 0 Å². The molecule has 0 aromatic carbocycles. The monoisotopic (exact) mass is 352 g/mol. The van der Waals surface area contributed by atoms with E-state index in [2.05, 4.69) is 0 Å². The third-order valence-corrected chi connectivity index (χ3v) is 3.68. The van der Waals surface area contributed by atoms with E-state index in [0.717, 1.165) is 4.90 Å². The molecule has 2 rings (SSSR count). The van der Waals surface area contributed by atoms with Gasteiger partial charge in [-0.25, -0.2) is 4.79 Å². The maximum absolute atomic E-state index is 12.7. The summed E-state index contributed by atoms with van der Waals surface area (Å²) in [6, 6.07) is -0.389. The van der Waals surface area contributed by atoms with Gasteiger partial charge in [0.05, 0.1) is 19.3 Å². The molecule has 0 N–H and O–H groups in total. The van der Waals surface area contributed by atoms with Crippen LogP contribution in [0.5, 0.6) is 0 Å². The minimum absolute atomic E-state index is 0.100. The van der Waals surface area contributed by atoms with Crippen LogP contribution in [-0.2, 0) is 14.3 Å². The Morgan fingerprint density at radius 1 is 1.25 bits per heavy atom. The maximum Gasteiger partial charge on any atom is 0.471 e. The van der Waals surface area contributed by atoms with E-state index in [1.165, 1.54) is 4.90 Å². The van der Waals surface area contributed by atoms with Crippen LogP contribution in [0.25, 0.3) is 0 Å². The molecular formula is C15H23F3N2O4. The average molecular weight is 352 g/mol. The smallest absolute Gasteiger partial charge is 0.444 e. The molecule has 24 heavy (non-hydrogen) atoms. The van der Waals surface area contributed by atoms with Gasteiger partial charge in [0.1, 0.15) is 5.60 Å². The van der Waals surface area contributed by atoms with E-state index in [0.29, 0.717) is 19.4 Å². The van der Waals surface area contributed by atoms with E-state index < -0.39 is 29.9 Å². The van der Waals surface area contributed by atoms with Crippen molar-refractivity contribution in [2.45, 2.75) is 57.5 Å². The molecule has 0 radical (unpaired) electrons. The van der Waals surface area contributed by atoms with Gasteiger partial charge < -0.3 is 19.3 Å². The van der Waals surface area contributed by atoms with E-state index in [9.17, 15) is 22.8 Å². The second-order valence-corrected chi connectivity index (χ2v) is 7.11. The predicted molar refractivity (Wildman–Crippen MR) is 78.3 cm³/mol. The molecule has 0 aromatic heterocycles. The number of carbonyl (C=O) groups is 2. The Morgan fingerprint density at radius 3 is 2.38 bits per heavy atom. The van der Waals surface area contributed by atoms with Gasteiger partial charge in [-0.2, -0.15) is 13.2 Å². The minimum atomic E-state index is -4.90. The zero-order chi connectivity index (χ0) is 18.1. The number of carbonyl (C=O) groups excluding carboxylic acids is 2. The van der Waals surface area contributed by atoms with Crippen molar-refractivity contribution in [1.82, 2.24) is 9.80 Å². The lowest BCUT2D eigenvalue weighted by atomic mass is 10.2. The zero-order valence-corrected chi connectivity index (χ0v) is 14.1. The van der Waals surface area contributed by atoms with Gasteiger partial charge in [-0.1, -0.05) is 0 Å². The highest BCUT2D eigenvalue weighted by molar-refractivity contribution is 5.82. The number of morpholine rings is 1. The molecule has 2 fully saturated rings. The van der Waals surface area contributed by atoms with Gasteiger partial charge in [-0.15, -0.1) is 0 Å². The Balaban J connectivity index is 1.96. The summed E-state index contributed by atoms with van der Waals surface area (Å²) in [6.45, 7) is 5.63. The second kappa shape index (κ2) is 6.78. The molecule has 1 aliphatic heterocycles. The lowest BCUT2D eigenvalue weighted by Gasteiger charge is -2.36. The highest BCUT2D eigenvalue weighted by atomic mass is 19.4. The topological polar surface area (TPSA) is 59.1 Å². The number of halogens is 3. The Kier molecular flexibility index (Phi) is 5.31. The lowest BCUT2D eigenvalue weighted by molar-refractivity contribution is -0.188. The van der Waals surface area contributed by atoms with Crippen molar-refractivity contribution in [2.75, 3.05) is 26.2 Å². The molecular weight excluding hydrogens is 329 g/mol. The first kappa shape index (κ1) is 18.8. The van der Waals surface area contributed by atoms with Gasteiger partial charge >= 0.3 is 18.2 Å². The molecule has 1 saturated heterocycles. The van der Waals surface area contributed by atoms with Crippen LogP contribution >= 0.6 is 0 Å². The number of hydrogen-bond donors (Lipinski definition) is 0. The van der Waals surface area contributed by atoms with Gasteiger partial charge in [0.25, 0.3) is 0 Å². The average Bonchev–Trinajstić information content (AvgIpc) is 3.26. The van der Waals surface area contributed by atoms with Crippen molar-refractivity contribution >= 4 is 12.0 Å². The minimum Gasteiger partial charge on any atom is -0.444 e. The standard InChI is InChI=1S/C15H23F3N2O4/c1-14(2,3)24-13(22)19-6-7-23-11(8-19)9-20(10-4-5-10)12(21)15(16,17)18/h10-11H,4-9H2,1-3H3. The van der Waals surface area contributed by atoms with Gasteiger partial charge in [0.2, 0.25) is 0 Å². The van der Waals surface area contributed by atoms with Crippen LogP contribution in [0.4, 0.5) is 18.0 Å². The Hall–Kier alpha value is -1.51. The summed E-state index contributed by atoms with van der Waals surface area (Å²) in [4.78, 5) is 25.9. The predicted octanol–water partition coefficient (Wildman–Crippen LogP) is 2.18. The maximum atomic E-state index is 12.7. The van der Waals surface area contributed by atoms with Crippen molar-refractivity contribution in [3.8, 4) is 0 Å². The summed E-state index contributed by atoms with van der Waals surface area (Å²) in [7, 11) is 0. The molecule has 2 aliphatic rings. The highest BCUT2D eigenvalue weighted by Gasteiger charge is 2.48. The number of nitrogens with zero attached hydrogens (tertiary/aromatic N) is 2. The van der Waals surface area contributed by atoms with Crippen LogP contribution in [-0.4, -0.2) is 72.0 Å². The number of rotatable bonds is 3. The van der Waals surface area contributed by atoms with E-state index in [1.54, 1.807) is 20.8 Å². The second-order valence-electron chi connectivity index (χ2n) is 7.11. The largest absolute Gasteiger partial charge is 0.471 e. The number of alkyl halides is 3. The third-order valence-electron chi connectivity index (χ3n) is 3.68. The summed E-state index contributed by atoms with van der Waals surface area (Å²) >= 11 is 0. The van der Waals surface area contributed by atoms with Crippen LogP contribution in [0.3, 0.4) is 0 Å². The molecule has 1 atom stereocenters. The van der Waals surface area contributed by atoms with Gasteiger partial charge in [-0.3, -0.25) is 4.79 Å². The molecule has 0 bridgehead atoms. The first-order valence-electron chi connectivity index (χ1n) is 7.94. The molecule has 138 valence electrons. The van der Waals surface area contributed by atoms with Crippen molar-refractivity contribution in [3.63, 3.8) is 0 Å². The Morgan fingerprint density at radius 2 is 1.88 bits per heavy atom. The molecule has 1 heterocycles. The van der Waals surface area contributed by atoms with Crippen molar-refractivity contribution in [2.24, 2.45) is 0 Å². The summed E-state index contributed by atoms with van der Waals surface area (Å²) in [6.07, 6.45) is -4.97. The molecule has 1 aliphatic carbocycles. The summed E-state index contributed by atoms with van der Waals surface area (Å²) in [5.74, 6) is -1.84. The van der Waals surface area contributed by atoms with E-state index >= 15 is 0 Å². The van der Waals surface area contributed by atoms with Crippen LogP contribution in [0.2, 0.25) is 0 Å². The molecule has 1 unspecified atom stereocenters. The zero-order valence-electron chi connectivity index (χ0n) is 14.1. The van der Waals surface area contributed by atoms with Crippen molar-refractivity contribution < 1.29 is 32.2 Å². The molecule has 1 saturated carbocycles. The van der Waals surface area contributed by atoms with Gasteiger partial charge in [-0.05, 0) is 33.6 Å². The number of hydrogen-bond acceptors (Lipinski definition) is 4. The van der Waals surface area contributed by atoms with E-state index in [-0.39, 0.29) is 25.7 Å². The fourth-order valence-electron chi connectivity index (χ4n) is 2.49. The molecule has 0 aromatic rings. The summed E-state index contributed by atoms with van der Waals surface area (Å²) in [5.41, 5.74) is -0.656. The molecule has 2 amide bonds. The Labute approximate surface area is 138 Å². The first-order valence-corrected chi connectivity index (χ1v) is 7.94. The van der Waals surface area contributed by atoms with Crippen LogP contribution < -0.4 is 0 Å². The van der Waals surface area contributed by atoms with Crippen LogP contribution in [0.15, 0.2) is 0 Å².